The van der Waals surface area contributed by atoms with Crippen molar-refractivity contribution in [2.24, 2.45) is 0 Å². The first-order chi connectivity index (χ1) is 14.1. The number of benzene rings is 1. The normalized spacial score (nSPS) is 13.2. The van der Waals surface area contributed by atoms with Crippen molar-refractivity contribution in [2.75, 3.05) is 17.2 Å². The van der Waals surface area contributed by atoms with Crippen LogP contribution in [0.15, 0.2) is 47.9 Å². The van der Waals surface area contributed by atoms with E-state index in [4.69, 9.17) is 0 Å². The van der Waals surface area contributed by atoms with Gasteiger partial charge in [0.1, 0.15) is 0 Å². The van der Waals surface area contributed by atoms with Crippen molar-refractivity contribution >= 4 is 23.4 Å². The third-order valence-electron chi connectivity index (χ3n) is 5.24. The maximum atomic E-state index is 12.9. The number of aromatic nitrogens is 4. The minimum atomic E-state index is 0.111. The molecular weight excluding hydrogens is 382 g/mol. The fourth-order valence-corrected chi connectivity index (χ4v) is 4.51. The van der Waals surface area contributed by atoms with Crippen molar-refractivity contribution in [3.05, 3.63) is 53.9 Å². The van der Waals surface area contributed by atoms with E-state index in [1.54, 1.807) is 12.4 Å². The molecule has 0 fully saturated rings. The van der Waals surface area contributed by atoms with E-state index in [0.29, 0.717) is 11.7 Å². The summed E-state index contributed by atoms with van der Waals surface area (Å²) in [5.41, 5.74) is 4.57. The Bertz CT molecular complexity index is 1020. The number of carbonyl (C=O) groups is 1. The van der Waals surface area contributed by atoms with E-state index in [0.717, 1.165) is 41.7 Å². The van der Waals surface area contributed by atoms with Crippen molar-refractivity contribution in [1.82, 2.24) is 19.7 Å². The van der Waals surface area contributed by atoms with Crippen LogP contribution < -0.4 is 4.90 Å². The Labute approximate surface area is 175 Å². The Morgan fingerprint density at radius 1 is 1.24 bits per heavy atom. The zero-order chi connectivity index (χ0) is 20.4. The number of fused-ring (bicyclic) bond motifs is 1. The maximum Gasteiger partial charge on any atom is 0.237 e. The molecule has 1 aliphatic rings. The van der Waals surface area contributed by atoms with Crippen LogP contribution >= 0.6 is 11.8 Å². The lowest BCUT2D eigenvalue weighted by molar-refractivity contribution is -0.116. The lowest BCUT2D eigenvalue weighted by Crippen LogP contribution is -2.30. The molecule has 3 aromatic rings. The van der Waals surface area contributed by atoms with E-state index >= 15 is 0 Å². The van der Waals surface area contributed by atoms with Crippen molar-refractivity contribution in [3.8, 4) is 11.4 Å². The second-order valence-electron chi connectivity index (χ2n) is 7.42. The van der Waals surface area contributed by atoms with Crippen LogP contribution in [0.25, 0.3) is 11.4 Å². The van der Waals surface area contributed by atoms with Gasteiger partial charge in [0.25, 0.3) is 0 Å². The molecule has 0 saturated heterocycles. The molecule has 0 saturated carbocycles. The van der Waals surface area contributed by atoms with Crippen LogP contribution in [0.1, 0.15) is 37.8 Å². The fourth-order valence-electron chi connectivity index (χ4n) is 3.63. The number of rotatable bonds is 6. The highest BCUT2D eigenvalue weighted by Crippen LogP contribution is 2.32. The molecule has 29 heavy (non-hydrogen) atoms. The van der Waals surface area contributed by atoms with Crippen LogP contribution in [0.2, 0.25) is 0 Å². The average Bonchev–Trinajstić information content (AvgIpc) is 3.35. The molecule has 4 rings (SSSR count). The molecule has 150 valence electrons. The highest BCUT2D eigenvalue weighted by atomic mass is 32.2. The van der Waals surface area contributed by atoms with Crippen LogP contribution in [0.4, 0.5) is 5.69 Å². The van der Waals surface area contributed by atoms with E-state index in [1.807, 2.05) is 21.6 Å². The molecule has 0 aliphatic carbocycles. The summed E-state index contributed by atoms with van der Waals surface area (Å²) in [4.78, 5) is 19.0. The van der Waals surface area contributed by atoms with E-state index < -0.39 is 0 Å². The van der Waals surface area contributed by atoms with E-state index in [1.165, 1.54) is 22.9 Å². The van der Waals surface area contributed by atoms with Crippen LogP contribution in [0.5, 0.6) is 0 Å². The van der Waals surface area contributed by atoms with Crippen molar-refractivity contribution < 1.29 is 4.79 Å². The summed E-state index contributed by atoms with van der Waals surface area (Å²) >= 11 is 1.44. The summed E-state index contributed by atoms with van der Waals surface area (Å²) in [6.07, 6.45) is 4.44. The molecular formula is C22H25N5OS. The summed E-state index contributed by atoms with van der Waals surface area (Å²) in [6, 6.07) is 10.3. The van der Waals surface area contributed by atoms with E-state index in [2.05, 4.69) is 54.2 Å². The lowest BCUT2D eigenvalue weighted by atomic mass is 10.00. The largest absolute Gasteiger partial charge is 0.311 e. The molecule has 0 N–H and O–H groups in total. The van der Waals surface area contributed by atoms with Gasteiger partial charge >= 0.3 is 0 Å². The van der Waals surface area contributed by atoms with Crippen molar-refractivity contribution in [3.63, 3.8) is 0 Å². The van der Waals surface area contributed by atoms with Gasteiger partial charge in [0.05, 0.1) is 5.75 Å². The van der Waals surface area contributed by atoms with Gasteiger partial charge in [-0.25, -0.2) is 0 Å². The fraction of sp³-hybridized carbons (Fsp3) is 0.364. The summed E-state index contributed by atoms with van der Waals surface area (Å²) in [5.74, 6) is 1.73. The summed E-state index contributed by atoms with van der Waals surface area (Å²) in [7, 11) is 0. The van der Waals surface area contributed by atoms with Crippen molar-refractivity contribution in [2.45, 2.75) is 44.8 Å². The number of hydrogen-bond donors (Lipinski definition) is 0. The summed E-state index contributed by atoms with van der Waals surface area (Å²) < 4.78 is 2.03. The molecule has 7 heteroatoms. The quantitative estimate of drug-likeness (QED) is 0.574. The summed E-state index contributed by atoms with van der Waals surface area (Å²) in [6.45, 7) is 7.92. The molecule has 0 radical (unpaired) electrons. The molecule has 1 aromatic carbocycles. The number of hydrogen-bond acceptors (Lipinski definition) is 5. The number of anilines is 1. The van der Waals surface area contributed by atoms with Crippen LogP contribution in [0, 0.1) is 0 Å². The number of thioether (sulfide) groups is 1. The predicted molar refractivity (Wildman–Crippen MR) is 116 cm³/mol. The Balaban J connectivity index is 1.47. The smallest absolute Gasteiger partial charge is 0.237 e. The number of amides is 1. The lowest BCUT2D eigenvalue weighted by Gasteiger charge is -2.18. The molecule has 0 bridgehead atoms. The first-order valence-electron chi connectivity index (χ1n) is 9.98. The maximum absolute atomic E-state index is 12.9. The van der Waals surface area contributed by atoms with Gasteiger partial charge < -0.3 is 9.47 Å². The highest BCUT2D eigenvalue weighted by molar-refractivity contribution is 7.99. The van der Waals surface area contributed by atoms with E-state index in [-0.39, 0.29) is 5.91 Å². The topological polar surface area (TPSA) is 63.9 Å². The minimum Gasteiger partial charge on any atom is -0.311 e. The number of nitrogens with zero attached hydrogens (tertiary/aromatic N) is 5. The average molecular weight is 408 g/mol. The van der Waals surface area contributed by atoms with Gasteiger partial charge in [0.2, 0.25) is 5.91 Å². The molecule has 2 aromatic heterocycles. The monoisotopic (exact) mass is 407 g/mol. The summed E-state index contributed by atoms with van der Waals surface area (Å²) in [5, 5.41) is 9.40. The zero-order valence-electron chi connectivity index (χ0n) is 17.0. The van der Waals surface area contributed by atoms with Crippen molar-refractivity contribution in [1.29, 1.82) is 0 Å². The first kappa shape index (κ1) is 19.6. The molecule has 0 spiro atoms. The van der Waals surface area contributed by atoms with Gasteiger partial charge in [0, 0.05) is 36.7 Å². The first-order valence-corrected chi connectivity index (χ1v) is 11.0. The second-order valence-corrected chi connectivity index (χ2v) is 8.36. The number of pyridine rings is 1. The highest BCUT2D eigenvalue weighted by Gasteiger charge is 2.25. The minimum absolute atomic E-state index is 0.111. The predicted octanol–water partition coefficient (Wildman–Crippen LogP) is 4.16. The van der Waals surface area contributed by atoms with Crippen LogP contribution in [-0.4, -0.2) is 38.0 Å². The molecule has 3 heterocycles. The third kappa shape index (κ3) is 3.92. The van der Waals surface area contributed by atoms with Gasteiger partial charge in [-0.1, -0.05) is 37.7 Å². The molecule has 0 unspecified atom stereocenters. The van der Waals surface area contributed by atoms with Crippen LogP contribution in [-0.2, 0) is 17.8 Å². The molecule has 0 atom stereocenters. The Kier molecular flexibility index (Phi) is 5.67. The zero-order valence-corrected chi connectivity index (χ0v) is 17.8. The van der Waals surface area contributed by atoms with Gasteiger partial charge in [0.15, 0.2) is 11.0 Å². The van der Waals surface area contributed by atoms with Gasteiger partial charge in [-0.05, 0) is 48.6 Å². The second kappa shape index (κ2) is 8.37. The van der Waals surface area contributed by atoms with E-state index in [9.17, 15) is 4.79 Å². The molecule has 6 nitrogen and oxygen atoms in total. The standard InChI is InChI=1S/C22H25N5OS/c1-4-26-21(18-6-5-10-23-13-18)24-25-22(26)29-14-20(28)27-11-9-17-12-16(15(2)3)7-8-19(17)27/h5-8,10,12-13,15H,4,9,11,14H2,1-3H3. The molecule has 1 aliphatic heterocycles. The SMILES string of the molecule is CCn1c(SCC(=O)N2CCc3cc(C(C)C)ccc32)nnc1-c1cccnc1. The van der Waals surface area contributed by atoms with Gasteiger partial charge in [-0.15, -0.1) is 10.2 Å². The Morgan fingerprint density at radius 2 is 2.10 bits per heavy atom. The third-order valence-corrected chi connectivity index (χ3v) is 6.20. The van der Waals surface area contributed by atoms with Gasteiger partial charge in [-0.2, -0.15) is 0 Å². The van der Waals surface area contributed by atoms with Crippen LogP contribution in [0.3, 0.4) is 0 Å². The number of carbonyl (C=O) groups excluding carboxylic acids is 1. The Morgan fingerprint density at radius 3 is 2.83 bits per heavy atom. The van der Waals surface area contributed by atoms with Gasteiger partial charge in [-0.3, -0.25) is 9.78 Å². The Hall–Kier alpha value is -2.67. The molecule has 1 amide bonds.